The number of hydrogen-bond acceptors (Lipinski definition) is 3. The summed E-state index contributed by atoms with van der Waals surface area (Å²) in [6.07, 6.45) is 0. The van der Waals surface area contributed by atoms with Crippen molar-refractivity contribution in [2.45, 2.75) is 30.4 Å². The minimum absolute atomic E-state index is 0.215. The summed E-state index contributed by atoms with van der Waals surface area (Å²) in [4.78, 5) is 28.2. The quantitative estimate of drug-likeness (QED) is 0.847. The second-order valence-electron chi connectivity index (χ2n) is 6.30. The highest BCUT2D eigenvalue weighted by molar-refractivity contribution is 8.02. The van der Waals surface area contributed by atoms with Gasteiger partial charge in [-0.15, -0.1) is 0 Å². The van der Waals surface area contributed by atoms with E-state index in [0.717, 1.165) is 21.7 Å². The molecule has 0 saturated heterocycles. The zero-order chi connectivity index (χ0) is 17.5. The van der Waals surface area contributed by atoms with Crippen LogP contribution in [0, 0.1) is 13.8 Å². The van der Waals surface area contributed by atoms with Crippen molar-refractivity contribution >= 4 is 35.0 Å². The molecule has 0 spiro atoms. The lowest BCUT2D eigenvalue weighted by atomic mass is 10.1. The van der Waals surface area contributed by atoms with Crippen LogP contribution in [0.1, 0.15) is 18.1 Å². The molecule has 0 radical (unpaired) electrons. The first-order chi connectivity index (χ1) is 11.3. The highest BCUT2D eigenvalue weighted by Crippen LogP contribution is 2.45. The number of amides is 2. The van der Waals surface area contributed by atoms with Gasteiger partial charge in [-0.05, 0) is 56.2 Å². The van der Waals surface area contributed by atoms with Crippen LogP contribution in [0.15, 0.2) is 47.4 Å². The molecule has 1 atom stereocenters. The van der Waals surface area contributed by atoms with Crippen molar-refractivity contribution in [2.75, 3.05) is 17.3 Å². The van der Waals surface area contributed by atoms with E-state index in [1.54, 1.807) is 18.9 Å². The third-order valence-electron chi connectivity index (χ3n) is 4.17. The molecular formula is C19H20N2O2S. The molecule has 1 aliphatic rings. The lowest BCUT2D eigenvalue weighted by Crippen LogP contribution is -2.53. The molecule has 2 aromatic rings. The van der Waals surface area contributed by atoms with Crippen LogP contribution in [0.5, 0.6) is 0 Å². The van der Waals surface area contributed by atoms with E-state index in [1.807, 2.05) is 56.3 Å². The SMILES string of the molecule is Cc1cc(C)cc(NC(=O)C2(C)Sc3ccccc3N(C)C2=O)c1. The van der Waals surface area contributed by atoms with Crippen molar-refractivity contribution in [2.24, 2.45) is 0 Å². The zero-order valence-corrected chi connectivity index (χ0v) is 15.0. The Kier molecular flexibility index (Phi) is 4.13. The van der Waals surface area contributed by atoms with Gasteiger partial charge in [0.2, 0.25) is 5.91 Å². The van der Waals surface area contributed by atoms with E-state index >= 15 is 0 Å². The normalized spacial score (nSPS) is 19.8. The second-order valence-corrected chi connectivity index (χ2v) is 7.76. The number of carbonyl (C=O) groups excluding carboxylic acids is 2. The number of anilines is 2. The molecule has 1 N–H and O–H groups in total. The van der Waals surface area contributed by atoms with E-state index in [2.05, 4.69) is 5.32 Å². The molecule has 124 valence electrons. The minimum atomic E-state index is -1.19. The first kappa shape index (κ1) is 16.6. The summed E-state index contributed by atoms with van der Waals surface area (Å²) >= 11 is 1.30. The lowest BCUT2D eigenvalue weighted by Gasteiger charge is -2.37. The lowest BCUT2D eigenvalue weighted by molar-refractivity contribution is -0.128. The van der Waals surface area contributed by atoms with Gasteiger partial charge in [-0.1, -0.05) is 30.0 Å². The molecule has 0 bridgehead atoms. The predicted molar refractivity (Wildman–Crippen MR) is 98.7 cm³/mol. The first-order valence-electron chi connectivity index (χ1n) is 7.77. The monoisotopic (exact) mass is 340 g/mol. The molecular weight excluding hydrogens is 320 g/mol. The number of thioether (sulfide) groups is 1. The Morgan fingerprint density at radius 2 is 1.75 bits per heavy atom. The standard InChI is InChI=1S/C19H20N2O2S/c1-12-9-13(2)11-14(10-12)20-17(22)19(3)18(23)21(4)15-7-5-6-8-16(15)24-19/h5-11H,1-4H3,(H,20,22). The number of nitrogens with one attached hydrogen (secondary N) is 1. The maximum atomic E-state index is 12.9. The van der Waals surface area contributed by atoms with Gasteiger partial charge >= 0.3 is 0 Å². The summed E-state index contributed by atoms with van der Waals surface area (Å²) in [7, 11) is 1.71. The Morgan fingerprint density at radius 1 is 1.12 bits per heavy atom. The van der Waals surface area contributed by atoms with Gasteiger partial charge < -0.3 is 10.2 Å². The number of fused-ring (bicyclic) bond motifs is 1. The summed E-state index contributed by atoms with van der Waals surface area (Å²) in [6, 6.07) is 13.5. The zero-order valence-electron chi connectivity index (χ0n) is 14.2. The molecule has 0 aromatic heterocycles. The van der Waals surface area contributed by atoms with Crippen molar-refractivity contribution in [3.8, 4) is 0 Å². The summed E-state index contributed by atoms with van der Waals surface area (Å²) in [5, 5.41) is 2.91. The van der Waals surface area contributed by atoms with Crippen LogP contribution < -0.4 is 10.2 Å². The van der Waals surface area contributed by atoms with E-state index < -0.39 is 4.75 Å². The number of carbonyl (C=O) groups is 2. The molecule has 0 aliphatic carbocycles. The average Bonchev–Trinajstić information content (AvgIpc) is 2.51. The topological polar surface area (TPSA) is 49.4 Å². The van der Waals surface area contributed by atoms with Crippen LogP contribution in [-0.2, 0) is 9.59 Å². The Bertz CT molecular complexity index is 814. The maximum absolute atomic E-state index is 12.9. The van der Waals surface area contributed by atoms with Gasteiger partial charge in [-0.25, -0.2) is 0 Å². The molecule has 24 heavy (non-hydrogen) atoms. The summed E-state index contributed by atoms with van der Waals surface area (Å²) in [5.74, 6) is -0.517. The largest absolute Gasteiger partial charge is 0.324 e. The maximum Gasteiger partial charge on any atom is 0.252 e. The Hall–Kier alpha value is -2.27. The molecule has 4 nitrogen and oxygen atoms in total. The van der Waals surface area contributed by atoms with Gasteiger partial charge in [0.1, 0.15) is 0 Å². The molecule has 1 aliphatic heterocycles. The van der Waals surface area contributed by atoms with Crippen LogP contribution in [0.25, 0.3) is 0 Å². The van der Waals surface area contributed by atoms with Gasteiger partial charge in [-0.2, -0.15) is 0 Å². The van der Waals surface area contributed by atoms with Crippen molar-refractivity contribution in [1.29, 1.82) is 0 Å². The fourth-order valence-electron chi connectivity index (χ4n) is 2.95. The summed E-state index contributed by atoms with van der Waals surface area (Å²) in [5.41, 5.74) is 3.69. The highest BCUT2D eigenvalue weighted by atomic mass is 32.2. The molecule has 5 heteroatoms. The van der Waals surface area contributed by atoms with Gasteiger partial charge in [0, 0.05) is 17.6 Å². The number of benzene rings is 2. The average molecular weight is 340 g/mol. The van der Waals surface area contributed by atoms with E-state index in [0.29, 0.717) is 5.69 Å². The number of nitrogens with zero attached hydrogens (tertiary/aromatic N) is 1. The summed E-state index contributed by atoms with van der Waals surface area (Å²) < 4.78 is -1.19. The molecule has 2 amide bonds. The minimum Gasteiger partial charge on any atom is -0.324 e. The van der Waals surface area contributed by atoms with Crippen molar-refractivity contribution < 1.29 is 9.59 Å². The molecule has 0 fully saturated rings. The smallest absolute Gasteiger partial charge is 0.252 e. The van der Waals surface area contributed by atoms with Crippen LogP contribution in [0.4, 0.5) is 11.4 Å². The van der Waals surface area contributed by atoms with E-state index in [9.17, 15) is 9.59 Å². The molecule has 1 unspecified atom stereocenters. The van der Waals surface area contributed by atoms with Gasteiger partial charge in [-0.3, -0.25) is 9.59 Å². The third-order valence-corrected chi connectivity index (χ3v) is 5.50. The number of rotatable bonds is 2. The number of hydrogen-bond donors (Lipinski definition) is 1. The van der Waals surface area contributed by atoms with E-state index in [4.69, 9.17) is 0 Å². The molecule has 3 rings (SSSR count). The predicted octanol–water partition coefficient (Wildman–Crippen LogP) is 3.77. The number of aryl methyl sites for hydroxylation is 2. The Morgan fingerprint density at radius 3 is 2.42 bits per heavy atom. The van der Waals surface area contributed by atoms with E-state index in [1.165, 1.54) is 11.8 Å². The Labute approximate surface area is 146 Å². The Balaban J connectivity index is 1.92. The fraction of sp³-hybridized carbons (Fsp3) is 0.263. The summed E-state index contributed by atoms with van der Waals surface area (Å²) in [6.45, 7) is 5.65. The first-order valence-corrected chi connectivity index (χ1v) is 8.59. The third kappa shape index (κ3) is 2.80. The van der Waals surface area contributed by atoms with Gasteiger partial charge in [0.25, 0.3) is 5.91 Å². The van der Waals surface area contributed by atoms with Crippen LogP contribution in [0.2, 0.25) is 0 Å². The van der Waals surface area contributed by atoms with Crippen LogP contribution in [0.3, 0.4) is 0 Å². The molecule has 2 aromatic carbocycles. The van der Waals surface area contributed by atoms with Crippen molar-refractivity contribution in [1.82, 2.24) is 0 Å². The van der Waals surface area contributed by atoms with Crippen molar-refractivity contribution in [3.63, 3.8) is 0 Å². The molecule has 0 saturated carbocycles. The fourth-order valence-corrected chi connectivity index (χ4v) is 4.22. The molecule has 1 heterocycles. The van der Waals surface area contributed by atoms with E-state index in [-0.39, 0.29) is 11.8 Å². The second kappa shape index (κ2) is 5.98. The number of para-hydroxylation sites is 1. The van der Waals surface area contributed by atoms with Gasteiger partial charge in [0.05, 0.1) is 5.69 Å². The van der Waals surface area contributed by atoms with Crippen LogP contribution >= 0.6 is 11.8 Å². The van der Waals surface area contributed by atoms with Crippen LogP contribution in [-0.4, -0.2) is 23.6 Å². The van der Waals surface area contributed by atoms with Gasteiger partial charge in [0.15, 0.2) is 4.75 Å². The highest BCUT2D eigenvalue weighted by Gasteiger charge is 2.48. The van der Waals surface area contributed by atoms with Crippen molar-refractivity contribution in [3.05, 3.63) is 53.6 Å².